The van der Waals surface area contributed by atoms with Gasteiger partial charge in [0.1, 0.15) is 0 Å². The fraction of sp³-hybridized carbons (Fsp3) is 0. The summed E-state index contributed by atoms with van der Waals surface area (Å²) in [6, 6.07) is 0. The SMILES string of the molecule is O=[Se](=O)([O-])O.[K+]. The van der Waals surface area contributed by atoms with Gasteiger partial charge in [-0.1, -0.05) is 0 Å². The van der Waals surface area contributed by atoms with Crippen LogP contribution in [0.5, 0.6) is 0 Å². The predicted molar refractivity (Wildman–Crippen MR) is 9.35 cm³/mol. The van der Waals surface area contributed by atoms with Crippen molar-refractivity contribution in [2.45, 2.75) is 0 Å². The molecule has 0 atom stereocenters. The van der Waals surface area contributed by atoms with Crippen LogP contribution in [-0.2, 0) is 7.67 Å². The van der Waals surface area contributed by atoms with E-state index in [-0.39, 0.29) is 51.4 Å². The van der Waals surface area contributed by atoms with E-state index in [0.717, 1.165) is 0 Å². The quantitative estimate of drug-likeness (QED) is 0.380. The molecule has 0 saturated carbocycles. The van der Waals surface area contributed by atoms with Gasteiger partial charge < -0.3 is 0 Å². The summed E-state index contributed by atoms with van der Waals surface area (Å²) in [7, 11) is 0. The molecule has 1 N–H and O–H groups in total. The van der Waals surface area contributed by atoms with Gasteiger partial charge in [0.15, 0.2) is 0 Å². The fourth-order valence-corrected chi connectivity index (χ4v) is 0. The van der Waals surface area contributed by atoms with E-state index in [2.05, 4.69) is 0 Å². The summed E-state index contributed by atoms with van der Waals surface area (Å²) in [4.78, 5) is 0. The van der Waals surface area contributed by atoms with Gasteiger partial charge in [-0.25, -0.2) is 0 Å². The maximum Gasteiger partial charge on any atom is 1.00 e. The molecule has 4 nitrogen and oxygen atoms in total. The summed E-state index contributed by atoms with van der Waals surface area (Å²) in [5.41, 5.74) is 0. The monoisotopic (exact) mass is 184 g/mol. The van der Waals surface area contributed by atoms with E-state index >= 15 is 0 Å². The Morgan fingerprint density at radius 1 is 1.50 bits per heavy atom. The Morgan fingerprint density at radius 3 is 1.50 bits per heavy atom. The van der Waals surface area contributed by atoms with Gasteiger partial charge in [0.05, 0.1) is 0 Å². The van der Waals surface area contributed by atoms with Crippen molar-refractivity contribution in [1.29, 1.82) is 0 Å². The molecule has 32 valence electrons. The zero-order chi connectivity index (χ0) is 4.50. The molecule has 0 bridgehead atoms. The number of hydrogen-bond acceptors (Lipinski definition) is 3. The van der Waals surface area contributed by atoms with Crippen LogP contribution in [0.1, 0.15) is 0 Å². The van der Waals surface area contributed by atoms with Crippen LogP contribution < -0.4 is 55.6 Å². The first-order chi connectivity index (χ1) is 2.00. The molecular weight excluding hydrogens is 182 g/mol. The molecule has 0 spiro atoms. The van der Waals surface area contributed by atoms with Crippen LogP contribution in [0.2, 0.25) is 0 Å². The molecule has 0 fully saturated rings. The van der Waals surface area contributed by atoms with E-state index in [1.165, 1.54) is 0 Å². The second-order valence-corrected chi connectivity index (χ2v) is 2.22. The van der Waals surface area contributed by atoms with Crippen molar-refractivity contribution in [2.75, 3.05) is 0 Å². The molecule has 0 saturated heterocycles. The Morgan fingerprint density at radius 2 is 1.50 bits per heavy atom. The summed E-state index contributed by atoms with van der Waals surface area (Å²) < 4.78 is 33.1. The molecule has 0 rings (SSSR count). The normalized spacial score (nSPS) is 9.67. The Labute approximate surface area is 79.3 Å². The van der Waals surface area contributed by atoms with E-state index in [1.807, 2.05) is 0 Å². The Hall–Kier alpha value is 1.68. The summed E-state index contributed by atoms with van der Waals surface area (Å²) in [6.45, 7) is 0. The van der Waals surface area contributed by atoms with E-state index in [0.29, 0.717) is 0 Å². The first-order valence-electron chi connectivity index (χ1n) is 0.683. The van der Waals surface area contributed by atoms with Gasteiger partial charge >= 0.3 is 80.8 Å². The van der Waals surface area contributed by atoms with Crippen molar-refractivity contribution in [3.63, 3.8) is 0 Å². The maximum absolute atomic E-state index is 8.70. The first-order valence-corrected chi connectivity index (χ1v) is 3.55. The van der Waals surface area contributed by atoms with Gasteiger partial charge in [0.2, 0.25) is 0 Å². The van der Waals surface area contributed by atoms with E-state index in [1.54, 1.807) is 0 Å². The van der Waals surface area contributed by atoms with Crippen molar-refractivity contribution in [3.8, 4) is 0 Å². The van der Waals surface area contributed by atoms with Gasteiger partial charge in [0, 0.05) is 0 Å². The third-order valence-corrected chi connectivity index (χ3v) is 0. The van der Waals surface area contributed by atoms with Gasteiger partial charge in [-0.2, -0.15) is 0 Å². The molecule has 0 radical (unpaired) electrons. The molecule has 0 aliphatic carbocycles. The van der Waals surface area contributed by atoms with Crippen molar-refractivity contribution in [3.05, 3.63) is 0 Å². The van der Waals surface area contributed by atoms with Crippen molar-refractivity contribution >= 4 is 13.4 Å². The topological polar surface area (TPSA) is 77.4 Å². The van der Waals surface area contributed by atoms with Crippen molar-refractivity contribution in [2.24, 2.45) is 0 Å². The van der Waals surface area contributed by atoms with E-state index < -0.39 is 13.4 Å². The smallest absolute Gasteiger partial charge is 1.00 e. The van der Waals surface area contributed by atoms with Gasteiger partial charge in [0.25, 0.3) is 0 Å². The Kier molecular flexibility index (Phi) is 6.46. The maximum atomic E-state index is 8.70. The average molecular weight is 183 g/mol. The average Bonchev–Trinajstić information content (AvgIpc) is 0.722. The Balaban J connectivity index is 0. The second kappa shape index (κ2) is 3.65. The molecule has 0 aromatic carbocycles. The van der Waals surface area contributed by atoms with Gasteiger partial charge in [-0.05, 0) is 0 Å². The second-order valence-electron chi connectivity index (χ2n) is 0.428. The third kappa shape index (κ3) is 44.2. The van der Waals surface area contributed by atoms with Crippen LogP contribution in [0.3, 0.4) is 0 Å². The molecule has 0 aliphatic heterocycles. The minimum atomic E-state index is -5.50. The Bertz CT molecular complexity index is 90.7. The molecule has 0 unspecified atom stereocenters. The summed E-state index contributed by atoms with van der Waals surface area (Å²) in [5, 5.41) is 0. The molecule has 0 aromatic heterocycles. The molecule has 0 amide bonds. The van der Waals surface area contributed by atoms with Crippen LogP contribution in [0, 0.1) is 0 Å². The molecule has 0 heterocycles. The minimum absolute atomic E-state index is 0. The molecular formula is HKO4Se. The van der Waals surface area contributed by atoms with Gasteiger partial charge in [-0.15, -0.1) is 0 Å². The molecule has 6 heteroatoms. The van der Waals surface area contributed by atoms with Crippen LogP contribution in [0.4, 0.5) is 0 Å². The standard InChI is InChI=1S/K.H2O4Se/c;1-5(2,3)4/h;(H2,1,2,3,4)/q+1;/p-1. The van der Waals surface area contributed by atoms with E-state index in [4.69, 9.17) is 16.0 Å². The van der Waals surface area contributed by atoms with Crippen LogP contribution in [0.15, 0.2) is 0 Å². The largest absolute Gasteiger partial charge is 1.00 e. The zero-order valence-electron chi connectivity index (χ0n) is 3.08. The summed E-state index contributed by atoms with van der Waals surface area (Å²) in [5.74, 6) is 0. The van der Waals surface area contributed by atoms with Crippen molar-refractivity contribution in [1.82, 2.24) is 0 Å². The van der Waals surface area contributed by atoms with Gasteiger partial charge in [-0.3, -0.25) is 0 Å². The first kappa shape index (κ1) is 10.6. The third-order valence-electron chi connectivity index (χ3n) is 0. The predicted octanol–water partition coefficient (Wildman–Crippen LogP) is -5.36. The summed E-state index contributed by atoms with van der Waals surface area (Å²) >= 11 is -5.50. The molecule has 0 aliphatic rings. The molecule has 6 heavy (non-hydrogen) atoms. The summed E-state index contributed by atoms with van der Waals surface area (Å²) in [6.07, 6.45) is 0. The number of hydrogen-bond donors (Lipinski definition) is 1. The van der Waals surface area contributed by atoms with Crippen LogP contribution >= 0.6 is 0 Å². The zero-order valence-corrected chi connectivity index (χ0v) is 7.92. The van der Waals surface area contributed by atoms with Crippen LogP contribution in [-0.4, -0.2) is 17.6 Å². The fourth-order valence-electron chi connectivity index (χ4n) is 0. The van der Waals surface area contributed by atoms with E-state index in [9.17, 15) is 0 Å². The van der Waals surface area contributed by atoms with Crippen molar-refractivity contribution < 1.29 is 67.4 Å². The molecule has 0 aromatic rings. The minimum Gasteiger partial charge on any atom is 1.00 e. The van der Waals surface area contributed by atoms with Crippen LogP contribution in [0.25, 0.3) is 0 Å². The number of rotatable bonds is 0.